The molecule has 2 atom stereocenters. The van der Waals surface area contributed by atoms with Gasteiger partial charge in [0.1, 0.15) is 0 Å². The Balaban J connectivity index is 1.35. The van der Waals surface area contributed by atoms with Crippen LogP contribution >= 0.6 is 0 Å². The van der Waals surface area contributed by atoms with E-state index in [0.717, 1.165) is 83.5 Å². The van der Waals surface area contributed by atoms with E-state index < -0.39 is 11.7 Å². The Hall–Kier alpha value is -2.09. The molecule has 3 heterocycles. The molecule has 2 aromatic carbocycles. The summed E-state index contributed by atoms with van der Waals surface area (Å²) in [5, 5.41) is 0. The third kappa shape index (κ3) is 6.84. The molecule has 0 spiro atoms. The fourth-order valence-electron chi connectivity index (χ4n) is 8.17. The summed E-state index contributed by atoms with van der Waals surface area (Å²) >= 11 is 0. The Kier molecular flexibility index (Phi) is 9.32. The number of nitrogens with zero attached hydrogens (tertiary/aromatic N) is 2. The summed E-state index contributed by atoms with van der Waals surface area (Å²) < 4.78 is 52.6. The van der Waals surface area contributed by atoms with Crippen molar-refractivity contribution in [2.75, 3.05) is 50.9 Å². The molecule has 0 aliphatic carbocycles. The van der Waals surface area contributed by atoms with Gasteiger partial charge in [-0.2, -0.15) is 13.2 Å². The lowest BCUT2D eigenvalue weighted by atomic mass is 9.62. The van der Waals surface area contributed by atoms with Gasteiger partial charge in [-0.1, -0.05) is 58.0 Å². The highest BCUT2D eigenvalue weighted by atomic mass is 19.4. The lowest BCUT2D eigenvalue weighted by Gasteiger charge is -2.55. The van der Waals surface area contributed by atoms with Crippen molar-refractivity contribution in [3.63, 3.8) is 0 Å². The van der Waals surface area contributed by atoms with Gasteiger partial charge in [-0.15, -0.1) is 0 Å². The smallest absolute Gasteiger partial charge is 0.381 e. The van der Waals surface area contributed by atoms with Gasteiger partial charge in [0.2, 0.25) is 0 Å². The zero-order chi connectivity index (χ0) is 30.0. The average Bonchev–Trinajstić information content (AvgIpc) is 2.97. The lowest BCUT2D eigenvalue weighted by Crippen LogP contribution is -2.61. The number of hydrogen-bond acceptors (Lipinski definition) is 4. The highest BCUT2D eigenvalue weighted by molar-refractivity contribution is 5.46. The topological polar surface area (TPSA) is 24.9 Å². The Morgan fingerprint density at radius 3 is 2.10 bits per heavy atom. The fourth-order valence-corrected chi connectivity index (χ4v) is 8.17. The predicted molar refractivity (Wildman–Crippen MR) is 163 cm³/mol. The maximum absolute atomic E-state index is 13.4. The van der Waals surface area contributed by atoms with Crippen molar-refractivity contribution in [3.05, 3.63) is 65.7 Å². The average molecular weight is 587 g/mol. The van der Waals surface area contributed by atoms with Gasteiger partial charge in [-0.3, -0.25) is 4.90 Å². The van der Waals surface area contributed by atoms with Crippen molar-refractivity contribution in [1.82, 2.24) is 4.90 Å². The number of ether oxygens (including phenoxy) is 2. The van der Waals surface area contributed by atoms with Crippen molar-refractivity contribution in [2.24, 2.45) is 11.3 Å². The van der Waals surface area contributed by atoms with Crippen LogP contribution in [0, 0.1) is 11.3 Å². The molecule has 0 radical (unpaired) electrons. The molecule has 2 unspecified atom stereocenters. The van der Waals surface area contributed by atoms with Gasteiger partial charge in [0.25, 0.3) is 0 Å². The number of rotatable bonds is 8. The summed E-state index contributed by atoms with van der Waals surface area (Å²) in [5.74, 6) is 0.428. The number of alkyl halides is 3. The molecule has 3 aliphatic heterocycles. The van der Waals surface area contributed by atoms with Crippen molar-refractivity contribution in [2.45, 2.75) is 89.5 Å². The van der Waals surface area contributed by atoms with Crippen molar-refractivity contribution >= 4 is 5.69 Å². The second-order valence-corrected chi connectivity index (χ2v) is 14.1. The van der Waals surface area contributed by atoms with Crippen LogP contribution in [0.2, 0.25) is 0 Å². The van der Waals surface area contributed by atoms with Gasteiger partial charge in [0.05, 0.1) is 11.7 Å². The number of hydrogen-bond donors (Lipinski definition) is 0. The highest BCUT2D eigenvalue weighted by Crippen LogP contribution is 2.50. The van der Waals surface area contributed by atoms with Crippen LogP contribution in [0.5, 0.6) is 0 Å². The summed E-state index contributed by atoms with van der Waals surface area (Å²) in [4.78, 5) is 5.22. The fraction of sp³-hybridized carbons (Fsp3) is 0.657. The molecular formula is C35H49F3N2O2. The largest absolute Gasteiger partial charge is 0.416 e. The third-order valence-electron chi connectivity index (χ3n) is 10.3. The zero-order valence-corrected chi connectivity index (χ0v) is 25.9. The van der Waals surface area contributed by atoms with Gasteiger partial charge in [0.15, 0.2) is 0 Å². The monoisotopic (exact) mass is 586 g/mol. The summed E-state index contributed by atoms with van der Waals surface area (Å²) in [5.41, 5.74) is 1.49. The molecule has 4 nitrogen and oxygen atoms in total. The normalized spacial score (nSPS) is 26.0. The van der Waals surface area contributed by atoms with Gasteiger partial charge in [-0.05, 0) is 79.7 Å². The molecule has 7 heteroatoms. The minimum Gasteiger partial charge on any atom is -0.381 e. The van der Waals surface area contributed by atoms with E-state index in [1.54, 1.807) is 12.1 Å². The van der Waals surface area contributed by atoms with Crippen LogP contribution in [0.15, 0.2) is 54.6 Å². The van der Waals surface area contributed by atoms with E-state index in [2.05, 4.69) is 67.8 Å². The molecular weight excluding hydrogens is 537 g/mol. The predicted octanol–water partition coefficient (Wildman–Crippen LogP) is 7.96. The Bertz CT molecular complexity index is 1140. The van der Waals surface area contributed by atoms with Crippen LogP contribution in [0.4, 0.5) is 18.9 Å². The summed E-state index contributed by atoms with van der Waals surface area (Å²) in [6.45, 7) is 15.4. The van der Waals surface area contributed by atoms with Gasteiger partial charge in [-0.25, -0.2) is 0 Å². The molecule has 3 fully saturated rings. The molecule has 0 saturated carbocycles. The first-order chi connectivity index (χ1) is 19.9. The van der Waals surface area contributed by atoms with E-state index in [4.69, 9.17) is 9.47 Å². The van der Waals surface area contributed by atoms with E-state index in [9.17, 15) is 13.2 Å². The highest BCUT2D eigenvalue weighted by Gasteiger charge is 2.49. The van der Waals surface area contributed by atoms with Crippen molar-refractivity contribution in [1.29, 1.82) is 0 Å². The molecule has 42 heavy (non-hydrogen) atoms. The Morgan fingerprint density at radius 1 is 0.857 bits per heavy atom. The maximum Gasteiger partial charge on any atom is 0.416 e. The third-order valence-corrected chi connectivity index (χ3v) is 10.3. The Morgan fingerprint density at radius 2 is 1.50 bits per heavy atom. The lowest BCUT2D eigenvalue weighted by molar-refractivity contribution is -0.137. The van der Waals surface area contributed by atoms with Crippen LogP contribution in [0.1, 0.15) is 77.3 Å². The number of benzene rings is 2. The number of anilines is 1. The Labute approximate surface area is 250 Å². The molecule has 0 aromatic heterocycles. The van der Waals surface area contributed by atoms with Gasteiger partial charge < -0.3 is 14.4 Å². The van der Waals surface area contributed by atoms with Gasteiger partial charge >= 0.3 is 6.18 Å². The second kappa shape index (κ2) is 12.5. The van der Waals surface area contributed by atoms with E-state index in [-0.39, 0.29) is 22.5 Å². The van der Waals surface area contributed by atoms with E-state index >= 15 is 0 Å². The van der Waals surface area contributed by atoms with Crippen molar-refractivity contribution < 1.29 is 22.6 Å². The number of halogens is 3. The minimum atomic E-state index is -4.32. The standard InChI is InChI=1S/C35H49F3N2O2/c1-27(2)24-33(28-10-12-29(13-11-28)35(36,37)38)14-23-42-31(25-33)32(3,4)26-34(15-21-41-22-16-34)40-19-17-39(18-20-40)30-8-6-5-7-9-30/h5-13,27,31H,14-26H2,1-4H3. The molecule has 3 aliphatic rings. The van der Waals surface area contributed by atoms with Crippen LogP contribution < -0.4 is 4.90 Å². The number of piperazine rings is 1. The van der Waals surface area contributed by atoms with Crippen LogP contribution in [0.3, 0.4) is 0 Å². The molecule has 5 rings (SSSR count). The molecule has 232 valence electrons. The molecule has 0 N–H and O–H groups in total. The quantitative estimate of drug-likeness (QED) is 0.313. The van der Waals surface area contributed by atoms with Crippen molar-refractivity contribution in [3.8, 4) is 0 Å². The van der Waals surface area contributed by atoms with E-state index in [1.807, 2.05) is 0 Å². The van der Waals surface area contributed by atoms with Gasteiger partial charge in [0, 0.05) is 62.6 Å². The van der Waals surface area contributed by atoms with Crippen LogP contribution in [0.25, 0.3) is 0 Å². The first-order valence-electron chi connectivity index (χ1n) is 15.8. The van der Waals surface area contributed by atoms with E-state index in [1.165, 1.54) is 17.8 Å². The maximum atomic E-state index is 13.4. The zero-order valence-electron chi connectivity index (χ0n) is 25.9. The molecule has 2 aromatic rings. The summed E-state index contributed by atoms with van der Waals surface area (Å²) in [6.07, 6.45) is 1.36. The first-order valence-corrected chi connectivity index (χ1v) is 15.8. The first kappa shape index (κ1) is 31.3. The molecule has 3 saturated heterocycles. The SMILES string of the molecule is CC(C)CC1(c2ccc(C(F)(F)F)cc2)CCOC(C(C)(C)CC2(N3CCN(c4ccccc4)CC3)CCOCC2)C1. The van der Waals surface area contributed by atoms with Crippen LogP contribution in [-0.4, -0.2) is 62.5 Å². The van der Waals surface area contributed by atoms with Crippen LogP contribution in [-0.2, 0) is 21.1 Å². The minimum absolute atomic E-state index is 0.0256. The number of para-hydroxylation sites is 1. The summed E-state index contributed by atoms with van der Waals surface area (Å²) in [6, 6.07) is 16.7. The summed E-state index contributed by atoms with van der Waals surface area (Å²) in [7, 11) is 0. The molecule has 0 bridgehead atoms. The molecule has 0 amide bonds. The van der Waals surface area contributed by atoms with E-state index in [0.29, 0.717) is 12.5 Å². The second-order valence-electron chi connectivity index (χ2n) is 14.1.